The van der Waals surface area contributed by atoms with Crippen LogP contribution in [0.25, 0.3) is 11.1 Å². The normalized spacial score (nSPS) is 23.9. The molecule has 2 aliphatic rings. The van der Waals surface area contributed by atoms with Gasteiger partial charge in [0, 0.05) is 31.6 Å². The molecular formula is C25H33FN2O4S. The molecule has 1 saturated carbocycles. The number of sulfonamides is 1. The van der Waals surface area contributed by atoms with Gasteiger partial charge in [-0.2, -0.15) is 4.31 Å². The predicted molar refractivity (Wildman–Crippen MR) is 126 cm³/mol. The Morgan fingerprint density at radius 3 is 2.45 bits per heavy atom. The average molecular weight is 477 g/mol. The van der Waals surface area contributed by atoms with E-state index in [2.05, 4.69) is 11.9 Å². The van der Waals surface area contributed by atoms with E-state index in [-0.39, 0.29) is 35.9 Å². The van der Waals surface area contributed by atoms with Crippen LogP contribution >= 0.6 is 0 Å². The fourth-order valence-electron chi connectivity index (χ4n) is 4.39. The highest BCUT2D eigenvalue weighted by Gasteiger charge is 2.38. The van der Waals surface area contributed by atoms with Crippen molar-refractivity contribution < 1.29 is 22.7 Å². The van der Waals surface area contributed by atoms with Crippen molar-refractivity contribution in [3.63, 3.8) is 0 Å². The molecule has 0 saturated heterocycles. The highest BCUT2D eigenvalue weighted by molar-refractivity contribution is 7.89. The number of likely N-dealkylation sites (N-methyl/N-ethyl adjacent to an activating group) is 1. The van der Waals surface area contributed by atoms with E-state index in [9.17, 15) is 17.9 Å². The van der Waals surface area contributed by atoms with Gasteiger partial charge in [0.15, 0.2) is 0 Å². The molecule has 1 aliphatic heterocycles. The minimum absolute atomic E-state index is 0.0851. The topological polar surface area (TPSA) is 70.1 Å². The van der Waals surface area contributed by atoms with Crippen LogP contribution in [-0.2, 0) is 10.0 Å². The maximum absolute atomic E-state index is 13.6. The first kappa shape index (κ1) is 24.1. The van der Waals surface area contributed by atoms with E-state index in [1.165, 1.54) is 29.3 Å². The van der Waals surface area contributed by atoms with Gasteiger partial charge in [0.25, 0.3) is 0 Å². The summed E-state index contributed by atoms with van der Waals surface area (Å²) in [6.07, 6.45) is 2.30. The second-order valence-corrected chi connectivity index (χ2v) is 11.4. The molecule has 1 fully saturated rings. The van der Waals surface area contributed by atoms with Crippen LogP contribution in [0, 0.1) is 17.7 Å². The van der Waals surface area contributed by atoms with Crippen molar-refractivity contribution in [1.29, 1.82) is 0 Å². The van der Waals surface area contributed by atoms with Crippen LogP contribution in [0.5, 0.6) is 5.75 Å². The summed E-state index contributed by atoms with van der Waals surface area (Å²) >= 11 is 0. The quantitative estimate of drug-likeness (QED) is 0.661. The molecule has 8 heteroatoms. The standard InChI is InChI=1S/C25H33FN2O4S/c1-17-13-28(18(2)16-29)33(30,31)25-11-8-21(20-6-9-22(26)10-7-20)12-23(25)32-24(17)15-27(3)14-19-4-5-19/h6-12,17-19,24,29H,4-5,13-16H2,1-3H3/t17-,18+,24+/m0/s1. The summed E-state index contributed by atoms with van der Waals surface area (Å²) in [4.78, 5) is 2.36. The van der Waals surface area contributed by atoms with Gasteiger partial charge >= 0.3 is 0 Å². The molecule has 2 aromatic carbocycles. The van der Waals surface area contributed by atoms with Crippen molar-refractivity contribution in [2.75, 3.05) is 33.3 Å². The third-order valence-electron chi connectivity index (χ3n) is 6.60. The lowest BCUT2D eigenvalue weighted by molar-refractivity contribution is 0.0741. The third kappa shape index (κ3) is 5.40. The van der Waals surface area contributed by atoms with Gasteiger partial charge in [-0.15, -0.1) is 0 Å². The molecule has 4 rings (SSSR count). The molecular weight excluding hydrogens is 443 g/mol. The van der Waals surface area contributed by atoms with Crippen LogP contribution in [0.2, 0.25) is 0 Å². The lowest BCUT2D eigenvalue weighted by Crippen LogP contribution is -2.49. The highest BCUT2D eigenvalue weighted by atomic mass is 32.2. The van der Waals surface area contributed by atoms with Crippen molar-refractivity contribution in [3.8, 4) is 16.9 Å². The molecule has 2 aromatic rings. The van der Waals surface area contributed by atoms with Crippen LogP contribution in [0.1, 0.15) is 26.7 Å². The van der Waals surface area contributed by atoms with Gasteiger partial charge in [-0.25, -0.2) is 12.8 Å². The fourth-order valence-corrected chi connectivity index (χ4v) is 6.21. The highest BCUT2D eigenvalue weighted by Crippen LogP contribution is 2.37. The largest absolute Gasteiger partial charge is 0.487 e. The number of rotatable bonds is 7. The van der Waals surface area contributed by atoms with E-state index in [1.807, 2.05) is 6.92 Å². The molecule has 0 amide bonds. The summed E-state index contributed by atoms with van der Waals surface area (Å²) in [5.74, 6) is 0.619. The van der Waals surface area contributed by atoms with Crippen molar-refractivity contribution in [2.24, 2.45) is 11.8 Å². The average Bonchev–Trinajstić information content (AvgIpc) is 3.59. The molecule has 1 N–H and O–H groups in total. The Hall–Kier alpha value is -2.00. The van der Waals surface area contributed by atoms with E-state index in [4.69, 9.17) is 4.74 Å². The number of nitrogens with zero attached hydrogens (tertiary/aromatic N) is 2. The van der Waals surface area contributed by atoms with Gasteiger partial charge in [0.2, 0.25) is 10.0 Å². The minimum Gasteiger partial charge on any atom is -0.487 e. The monoisotopic (exact) mass is 476 g/mol. The lowest BCUT2D eigenvalue weighted by atomic mass is 10.0. The number of ether oxygens (including phenoxy) is 1. The summed E-state index contributed by atoms with van der Waals surface area (Å²) in [5, 5.41) is 9.77. The SMILES string of the molecule is C[C@H](CO)N1C[C@H](C)[C@@H](CN(C)CC2CC2)Oc2cc(-c3ccc(F)cc3)ccc2S1(=O)=O. The van der Waals surface area contributed by atoms with Gasteiger partial charge < -0.3 is 14.7 Å². The van der Waals surface area contributed by atoms with Crippen molar-refractivity contribution in [3.05, 3.63) is 48.3 Å². The second-order valence-electron chi connectivity index (χ2n) is 9.57. The molecule has 0 radical (unpaired) electrons. The Balaban J connectivity index is 1.74. The molecule has 1 heterocycles. The molecule has 3 atom stereocenters. The first-order valence-corrected chi connectivity index (χ1v) is 13.0. The second kappa shape index (κ2) is 9.70. The molecule has 1 aliphatic carbocycles. The van der Waals surface area contributed by atoms with Gasteiger partial charge in [0.1, 0.15) is 22.6 Å². The number of aliphatic hydroxyl groups is 1. The van der Waals surface area contributed by atoms with Crippen LogP contribution in [0.4, 0.5) is 4.39 Å². The van der Waals surface area contributed by atoms with Crippen molar-refractivity contribution >= 4 is 10.0 Å². The fraction of sp³-hybridized carbons (Fsp3) is 0.520. The van der Waals surface area contributed by atoms with E-state index in [1.54, 1.807) is 37.3 Å². The maximum Gasteiger partial charge on any atom is 0.247 e. The third-order valence-corrected chi connectivity index (χ3v) is 8.62. The van der Waals surface area contributed by atoms with E-state index >= 15 is 0 Å². The Morgan fingerprint density at radius 2 is 1.82 bits per heavy atom. The molecule has 6 nitrogen and oxygen atoms in total. The number of aliphatic hydroxyl groups excluding tert-OH is 1. The molecule has 180 valence electrons. The van der Waals surface area contributed by atoms with Crippen LogP contribution < -0.4 is 4.74 Å². The van der Waals surface area contributed by atoms with E-state index in [0.717, 1.165) is 23.6 Å². The molecule has 33 heavy (non-hydrogen) atoms. The molecule has 0 unspecified atom stereocenters. The van der Waals surface area contributed by atoms with Crippen molar-refractivity contribution in [1.82, 2.24) is 9.21 Å². The molecule has 0 spiro atoms. The zero-order valence-corrected chi connectivity index (χ0v) is 20.3. The van der Waals surface area contributed by atoms with E-state index in [0.29, 0.717) is 12.3 Å². The number of halogens is 1. The molecule has 0 bridgehead atoms. The molecule has 0 aromatic heterocycles. The summed E-state index contributed by atoms with van der Waals surface area (Å²) in [7, 11) is -1.80. The van der Waals surface area contributed by atoms with Gasteiger partial charge in [-0.05, 0) is 68.1 Å². The Bertz CT molecular complexity index is 1070. The Kier molecular flexibility index (Phi) is 7.09. The van der Waals surface area contributed by atoms with Crippen LogP contribution in [0.15, 0.2) is 47.4 Å². The number of hydrogen-bond acceptors (Lipinski definition) is 5. The predicted octanol–water partition coefficient (Wildman–Crippen LogP) is 3.60. The summed E-state index contributed by atoms with van der Waals surface area (Å²) in [5.41, 5.74) is 1.53. The maximum atomic E-state index is 13.6. The minimum atomic E-state index is -3.88. The van der Waals surface area contributed by atoms with Gasteiger partial charge in [0.05, 0.1) is 6.61 Å². The van der Waals surface area contributed by atoms with Crippen LogP contribution in [-0.4, -0.2) is 68.2 Å². The summed E-state index contributed by atoms with van der Waals surface area (Å²) in [6, 6.07) is 10.5. The van der Waals surface area contributed by atoms with E-state index < -0.39 is 16.1 Å². The summed E-state index contributed by atoms with van der Waals surface area (Å²) in [6.45, 7) is 5.40. The Labute approximate surface area is 196 Å². The van der Waals surface area contributed by atoms with Gasteiger partial charge in [-0.1, -0.05) is 25.1 Å². The first-order chi connectivity index (χ1) is 15.7. The zero-order chi connectivity index (χ0) is 23.8. The number of hydrogen-bond donors (Lipinski definition) is 1. The van der Waals surface area contributed by atoms with Crippen LogP contribution in [0.3, 0.4) is 0 Å². The Morgan fingerprint density at radius 1 is 1.15 bits per heavy atom. The smallest absolute Gasteiger partial charge is 0.247 e. The first-order valence-electron chi connectivity index (χ1n) is 11.6. The van der Waals surface area contributed by atoms with Gasteiger partial charge in [-0.3, -0.25) is 0 Å². The number of fused-ring (bicyclic) bond motifs is 1. The zero-order valence-electron chi connectivity index (χ0n) is 19.4. The lowest BCUT2D eigenvalue weighted by Gasteiger charge is -2.37. The summed E-state index contributed by atoms with van der Waals surface area (Å²) < 4.78 is 48.4. The van der Waals surface area contributed by atoms with Crippen molar-refractivity contribution in [2.45, 2.75) is 43.7 Å². The number of benzene rings is 2.